The first-order valence-electron chi connectivity index (χ1n) is 9.74. The number of ether oxygens (including phenoxy) is 1. The second-order valence-corrected chi connectivity index (χ2v) is 7.47. The highest BCUT2D eigenvalue weighted by molar-refractivity contribution is 6.07. The number of rotatable bonds is 7. The summed E-state index contributed by atoms with van der Waals surface area (Å²) in [5.41, 5.74) is 1.07. The fourth-order valence-corrected chi connectivity index (χ4v) is 3.73. The number of anilines is 1. The van der Waals surface area contributed by atoms with Gasteiger partial charge in [-0.2, -0.15) is 0 Å². The zero-order valence-electron chi connectivity index (χ0n) is 16.7. The van der Waals surface area contributed by atoms with Gasteiger partial charge in [-0.25, -0.2) is 9.18 Å². The Labute approximate surface area is 172 Å². The van der Waals surface area contributed by atoms with Crippen LogP contribution in [-0.2, 0) is 25.6 Å². The largest absolute Gasteiger partial charge is 0.489 e. The molecule has 1 aromatic carbocycles. The molecule has 0 saturated carbocycles. The molecule has 162 valence electrons. The minimum atomic E-state index is -1.27. The zero-order valence-corrected chi connectivity index (χ0v) is 16.7. The summed E-state index contributed by atoms with van der Waals surface area (Å²) in [4.78, 5) is 50.4. The maximum absolute atomic E-state index is 13.2. The molecule has 0 fully saturated rings. The van der Waals surface area contributed by atoms with Crippen molar-refractivity contribution >= 4 is 29.4 Å². The van der Waals surface area contributed by atoms with Crippen LogP contribution in [0.1, 0.15) is 25.8 Å². The van der Waals surface area contributed by atoms with E-state index in [0.717, 1.165) is 4.90 Å². The van der Waals surface area contributed by atoms with Crippen LogP contribution in [0, 0.1) is 5.92 Å². The lowest BCUT2D eigenvalue weighted by Crippen LogP contribution is -2.58. The van der Waals surface area contributed by atoms with Crippen molar-refractivity contribution in [1.29, 1.82) is 0 Å². The summed E-state index contributed by atoms with van der Waals surface area (Å²) < 4.78 is 18.3. The predicted molar refractivity (Wildman–Crippen MR) is 104 cm³/mol. The molecule has 0 aromatic heterocycles. The maximum Gasteiger partial charge on any atom is 0.327 e. The number of aliphatic carboxylic acids is 1. The summed E-state index contributed by atoms with van der Waals surface area (Å²) in [5, 5.41) is 14.5. The predicted octanol–water partition coefficient (Wildman–Crippen LogP) is 0.407. The highest BCUT2D eigenvalue weighted by Crippen LogP contribution is 2.42. The summed E-state index contributed by atoms with van der Waals surface area (Å²) in [6.45, 7) is 2.07. The Hall–Kier alpha value is -3.17. The molecule has 2 aliphatic rings. The van der Waals surface area contributed by atoms with E-state index in [1.54, 1.807) is 25.1 Å². The fraction of sp³-hybridized carbons (Fsp3) is 0.500. The van der Waals surface area contributed by atoms with Crippen molar-refractivity contribution < 1.29 is 33.4 Å². The Kier molecular flexibility index (Phi) is 6.23. The average Bonchev–Trinajstić information content (AvgIpc) is 3.07. The lowest BCUT2D eigenvalue weighted by atomic mass is 9.98. The van der Waals surface area contributed by atoms with E-state index in [2.05, 4.69) is 10.6 Å². The van der Waals surface area contributed by atoms with Crippen molar-refractivity contribution in [3.05, 3.63) is 23.8 Å². The van der Waals surface area contributed by atoms with Crippen molar-refractivity contribution in [2.24, 2.45) is 5.92 Å². The molecule has 2 aliphatic heterocycles. The number of carbonyl (C=O) groups is 4. The number of alkyl halides is 1. The van der Waals surface area contributed by atoms with Gasteiger partial charge in [-0.1, -0.05) is 32.4 Å². The first kappa shape index (κ1) is 21.5. The number of carbonyl (C=O) groups excluding carboxylic acids is 3. The van der Waals surface area contributed by atoms with Crippen molar-refractivity contribution in [3.63, 3.8) is 0 Å². The van der Waals surface area contributed by atoms with Gasteiger partial charge in [0.15, 0.2) is 6.67 Å². The molecular weight excluding hydrogens is 397 g/mol. The molecular formula is C20H24FN3O6. The number of hydrogen-bond acceptors (Lipinski definition) is 5. The van der Waals surface area contributed by atoms with Gasteiger partial charge in [0.2, 0.25) is 5.91 Å². The second kappa shape index (κ2) is 8.68. The first-order valence-corrected chi connectivity index (χ1v) is 9.74. The summed E-state index contributed by atoms with van der Waals surface area (Å²) in [7, 11) is 0. The zero-order chi connectivity index (χ0) is 22.0. The molecule has 0 bridgehead atoms. The summed E-state index contributed by atoms with van der Waals surface area (Å²) in [6.07, 6.45) is 0.665. The van der Waals surface area contributed by atoms with Crippen molar-refractivity contribution in [2.45, 2.75) is 44.8 Å². The van der Waals surface area contributed by atoms with Crippen molar-refractivity contribution in [2.75, 3.05) is 18.2 Å². The third-order valence-electron chi connectivity index (χ3n) is 5.52. The Morgan fingerprint density at radius 3 is 2.73 bits per heavy atom. The average molecular weight is 421 g/mol. The Bertz CT molecular complexity index is 876. The van der Waals surface area contributed by atoms with Crippen molar-refractivity contribution in [1.82, 2.24) is 10.6 Å². The van der Waals surface area contributed by atoms with E-state index in [1.807, 2.05) is 6.92 Å². The molecule has 0 aliphatic carbocycles. The third kappa shape index (κ3) is 3.94. The topological polar surface area (TPSA) is 125 Å². The highest BCUT2D eigenvalue weighted by atomic mass is 19.1. The fourth-order valence-electron chi connectivity index (χ4n) is 3.73. The van der Waals surface area contributed by atoms with E-state index in [0.29, 0.717) is 23.4 Å². The van der Waals surface area contributed by atoms with E-state index in [4.69, 9.17) is 4.74 Å². The van der Waals surface area contributed by atoms with Crippen LogP contribution in [0.25, 0.3) is 0 Å². The van der Waals surface area contributed by atoms with Crippen LogP contribution in [0.15, 0.2) is 18.2 Å². The van der Waals surface area contributed by atoms with Crippen LogP contribution >= 0.6 is 0 Å². The van der Waals surface area contributed by atoms with Gasteiger partial charge in [-0.05, 0) is 17.5 Å². The number of carboxylic acid groups (broad SMARTS) is 1. The van der Waals surface area contributed by atoms with Crippen molar-refractivity contribution in [3.8, 4) is 5.75 Å². The summed E-state index contributed by atoms with van der Waals surface area (Å²) in [6, 6.07) is 1.78. The number of nitrogens with zero attached hydrogens (tertiary/aromatic N) is 1. The van der Waals surface area contributed by atoms with Gasteiger partial charge in [-0.15, -0.1) is 0 Å². The highest BCUT2D eigenvalue weighted by Gasteiger charge is 2.45. The van der Waals surface area contributed by atoms with Gasteiger partial charge in [0.1, 0.15) is 30.5 Å². The molecule has 10 heteroatoms. The molecule has 0 unspecified atom stereocenters. The second-order valence-electron chi connectivity index (χ2n) is 7.47. The Morgan fingerprint density at radius 1 is 1.37 bits per heavy atom. The van der Waals surface area contributed by atoms with Crippen LogP contribution in [0.2, 0.25) is 0 Å². The molecule has 0 radical (unpaired) electrons. The van der Waals surface area contributed by atoms with Crippen LogP contribution in [0.3, 0.4) is 0 Å². The van der Waals surface area contributed by atoms with E-state index in [9.17, 15) is 28.7 Å². The monoisotopic (exact) mass is 421 g/mol. The van der Waals surface area contributed by atoms with Gasteiger partial charge in [0, 0.05) is 6.42 Å². The van der Waals surface area contributed by atoms with Crippen LogP contribution in [-0.4, -0.2) is 60.2 Å². The Morgan fingerprint density at radius 2 is 2.10 bits per heavy atom. The van der Waals surface area contributed by atoms with Gasteiger partial charge >= 0.3 is 5.97 Å². The molecule has 3 N–H and O–H groups in total. The van der Waals surface area contributed by atoms with E-state index >= 15 is 0 Å². The number of nitrogens with one attached hydrogen (secondary N) is 2. The number of hydrogen-bond donors (Lipinski definition) is 3. The van der Waals surface area contributed by atoms with Crippen LogP contribution < -0.4 is 20.3 Å². The third-order valence-corrected chi connectivity index (χ3v) is 5.52. The van der Waals surface area contributed by atoms with Crippen LogP contribution in [0.5, 0.6) is 5.75 Å². The lowest BCUT2D eigenvalue weighted by molar-refractivity contribution is -0.140. The smallest absolute Gasteiger partial charge is 0.327 e. The summed E-state index contributed by atoms with van der Waals surface area (Å²) >= 11 is 0. The SMILES string of the molecule is CC[C@H](C)[C@H](NC(=O)CF)C(=O)N[C@H]1COc2cccc3c2N(C1=O)[C@H](C(=O)O)C3. The van der Waals surface area contributed by atoms with E-state index in [1.165, 1.54) is 0 Å². The molecule has 2 heterocycles. The van der Waals surface area contributed by atoms with Gasteiger partial charge in [0.25, 0.3) is 11.8 Å². The maximum atomic E-state index is 13.2. The number of halogens is 1. The molecule has 0 saturated heterocycles. The molecule has 3 amide bonds. The normalized spacial score (nSPS) is 21.7. The quantitative estimate of drug-likeness (QED) is 0.586. The summed E-state index contributed by atoms with van der Waals surface area (Å²) in [5.74, 6) is -3.31. The standard InChI is InChI=1S/C20H24FN3O6/c1-3-10(2)16(23-15(25)8-21)18(26)22-12-9-30-14-6-4-5-11-7-13(20(28)29)24(17(11)14)19(12)27/h4-6,10,12-13,16H,3,7-9H2,1-2H3,(H,22,26)(H,23,25)(H,28,29)/t10-,12-,13-,16-/m0/s1. The number of amides is 3. The Balaban J connectivity index is 1.86. The molecule has 3 rings (SSSR count). The number of para-hydroxylation sites is 1. The molecule has 1 aromatic rings. The van der Waals surface area contributed by atoms with E-state index < -0.39 is 48.5 Å². The lowest BCUT2D eigenvalue weighted by Gasteiger charge is -2.28. The van der Waals surface area contributed by atoms with E-state index in [-0.39, 0.29) is 18.9 Å². The molecule has 30 heavy (non-hydrogen) atoms. The number of benzene rings is 1. The van der Waals surface area contributed by atoms with Gasteiger partial charge in [0.05, 0.1) is 5.69 Å². The van der Waals surface area contributed by atoms with Gasteiger partial charge < -0.3 is 20.5 Å². The molecule has 9 nitrogen and oxygen atoms in total. The first-order chi connectivity index (χ1) is 14.3. The molecule has 4 atom stereocenters. The number of carboxylic acids is 1. The van der Waals surface area contributed by atoms with Crippen LogP contribution in [0.4, 0.5) is 10.1 Å². The minimum Gasteiger partial charge on any atom is -0.489 e. The molecule has 0 spiro atoms. The van der Waals surface area contributed by atoms with Gasteiger partial charge in [-0.3, -0.25) is 19.3 Å². The minimum absolute atomic E-state index is 0.135.